The van der Waals surface area contributed by atoms with Gasteiger partial charge in [-0.1, -0.05) is 29.8 Å². The van der Waals surface area contributed by atoms with Crippen molar-refractivity contribution >= 4 is 29.1 Å². The molecule has 1 saturated heterocycles. The number of halogens is 4. The van der Waals surface area contributed by atoms with Crippen molar-refractivity contribution in [2.24, 2.45) is 0 Å². The van der Waals surface area contributed by atoms with Crippen molar-refractivity contribution in [1.29, 1.82) is 0 Å². The fourth-order valence-corrected chi connectivity index (χ4v) is 4.11. The van der Waals surface area contributed by atoms with Crippen LogP contribution in [-0.4, -0.2) is 33.8 Å². The summed E-state index contributed by atoms with van der Waals surface area (Å²) in [4.78, 5) is 31.5. The van der Waals surface area contributed by atoms with E-state index in [2.05, 4.69) is 4.98 Å². The highest BCUT2D eigenvalue weighted by atomic mass is 35.5. The Labute approximate surface area is 203 Å². The van der Waals surface area contributed by atoms with Crippen LogP contribution in [0.4, 0.5) is 13.2 Å². The van der Waals surface area contributed by atoms with E-state index in [-0.39, 0.29) is 39.7 Å². The maximum Gasteiger partial charge on any atom is 0.416 e. The van der Waals surface area contributed by atoms with Crippen LogP contribution in [0.25, 0.3) is 5.76 Å². The zero-order valence-electron chi connectivity index (χ0n) is 18.2. The van der Waals surface area contributed by atoms with E-state index in [1.165, 1.54) is 43.6 Å². The third-order valence-electron chi connectivity index (χ3n) is 5.53. The van der Waals surface area contributed by atoms with Gasteiger partial charge in [0, 0.05) is 17.8 Å². The topological polar surface area (TPSA) is 79.7 Å². The number of carbonyl (C=O) groups excluding carboxylic acids is 2. The number of hydrogen-bond acceptors (Lipinski definition) is 5. The maximum absolute atomic E-state index is 13.2. The van der Waals surface area contributed by atoms with Crippen molar-refractivity contribution in [2.75, 3.05) is 7.11 Å². The summed E-state index contributed by atoms with van der Waals surface area (Å²) in [7, 11) is 1.36. The molecule has 3 aromatic rings. The van der Waals surface area contributed by atoms with Gasteiger partial charge in [-0.15, -0.1) is 0 Å². The molecule has 1 N–H and O–H groups in total. The third kappa shape index (κ3) is 4.72. The van der Waals surface area contributed by atoms with E-state index < -0.39 is 35.2 Å². The number of likely N-dealkylation sites (tertiary alicyclic amines) is 1. The average molecular weight is 503 g/mol. The zero-order chi connectivity index (χ0) is 25.3. The summed E-state index contributed by atoms with van der Waals surface area (Å²) in [5.41, 5.74) is -0.673. The Hall–Kier alpha value is -3.85. The van der Waals surface area contributed by atoms with Crippen molar-refractivity contribution in [2.45, 2.75) is 18.8 Å². The van der Waals surface area contributed by atoms with Crippen LogP contribution >= 0.6 is 11.6 Å². The Morgan fingerprint density at radius 1 is 1.11 bits per heavy atom. The van der Waals surface area contributed by atoms with E-state index in [9.17, 15) is 27.9 Å². The summed E-state index contributed by atoms with van der Waals surface area (Å²) in [6, 6.07) is 12.5. The Morgan fingerprint density at radius 3 is 2.54 bits per heavy atom. The molecule has 0 aliphatic carbocycles. The van der Waals surface area contributed by atoms with Crippen LogP contribution in [0.2, 0.25) is 5.02 Å². The molecule has 180 valence electrons. The molecule has 10 heteroatoms. The molecule has 1 amide bonds. The normalized spacial score (nSPS) is 17.6. The van der Waals surface area contributed by atoms with E-state index in [0.717, 1.165) is 17.0 Å². The average Bonchev–Trinajstić information content (AvgIpc) is 3.08. The van der Waals surface area contributed by atoms with Gasteiger partial charge in [0.1, 0.15) is 17.6 Å². The Bertz CT molecular complexity index is 1330. The summed E-state index contributed by atoms with van der Waals surface area (Å²) in [6.07, 6.45) is -3.13. The number of ether oxygens (including phenoxy) is 1. The minimum absolute atomic E-state index is 0.0815. The lowest BCUT2D eigenvalue weighted by Gasteiger charge is -2.25. The molecule has 1 fully saturated rings. The second-order valence-corrected chi connectivity index (χ2v) is 8.16. The molecule has 0 spiro atoms. The Morgan fingerprint density at radius 2 is 1.89 bits per heavy atom. The Balaban J connectivity index is 1.87. The minimum atomic E-state index is -4.58. The molecule has 2 heterocycles. The number of rotatable bonds is 5. The van der Waals surface area contributed by atoms with Crippen LogP contribution in [0.15, 0.2) is 72.4 Å². The number of nitrogens with zero attached hydrogens (tertiary/aromatic N) is 2. The number of benzene rings is 2. The predicted molar refractivity (Wildman–Crippen MR) is 122 cm³/mol. The Kier molecular flexibility index (Phi) is 6.53. The molecule has 35 heavy (non-hydrogen) atoms. The minimum Gasteiger partial charge on any atom is -0.507 e. The number of aliphatic hydroxyl groups excluding tert-OH is 1. The third-order valence-corrected chi connectivity index (χ3v) is 5.77. The lowest BCUT2D eigenvalue weighted by Crippen LogP contribution is -2.29. The van der Waals surface area contributed by atoms with E-state index in [4.69, 9.17) is 16.3 Å². The van der Waals surface area contributed by atoms with Crippen molar-refractivity contribution in [1.82, 2.24) is 9.88 Å². The monoisotopic (exact) mass is 502 g/mol. The fourth-order valence-electron chi connectivity index (χ4n) is 3.94. The van der Waals surface area contributed by atoms with Gasteiger partial charge in [-0.2, -0.15) is 13.2 Å². The quantitative estimate of drug-likeness (QED) is 0.288. The number of carbonyl (C=O) groups is 2. The van der Waals surface area contributed by atoms with Crippen LogP contribution in [-0.2, 0) is 22.3 Å². The van der Waals surface area contributed by atoms with Crippen LogP contribution < -0.4 is 4.74 Å². The number of Topliss-reactive ketones (excluding diaryl/α,β-unsaturated/α-hetero) is 1. The molecule has 1 aliphatic heterocycles. The van der Waals surface area contributed by atoms with Crippen molar-refractivity contribution in [3.05, 3.63) is 99.8 Å². The van der Waals surface area contributed by atoms with Crippen molar-refractivity contribution in [3.63, 3.8) is 0 Å². The number of hydrogen-bond donors (Lipinski definition) is 1. The van der Waals surface area contributed by atoms with E-state index in [0.29, 0.717) is 0 Å². The highest BCUT2D eigenvalue weighted by Crippen LogP contribution is 2.41. The number of pyridine rings is 1. The van der Waals surface area contributed by atoms with E-state index in [1.54, 1.807) is 18.2 Å². The second-order valence-electron chi connectivity index (χ2n) is 7.72. The molecule has 1 atom stereocenters. The molecule has 0 radical (unpaired) electrons. The van der Waals surface area contributed by atoms with Gasteiger partial charge in [0.25, 0.3) is 11.7 Å². The standard InChI is InChI=1S/C25H18ClF3N2O4/c1-35-19-9-8-16(26)12-17(19)22(32)20-21(18-7-2-3-10-30-18)31(24(34)23(20)33)13-14-5-4-6-15(11-14)25(27,28)29/h2-12,21,32H,13H2,1H3/b22-20+. The summed E-state index contributed by atoms with van der Waals surface area (Å²) < 4.78 is 44.9. The predicted octanol–water partition coefficient (Wildman–Crippen LogP) is 5.38. The van der Waals surface area contributed by atoms with Gasteiger partial charge >= 0.3 is 6.18 Å². The van der Waals surface area contributed by atoms with Gasteiger partial charge in [0.05, 0.1) is 29.5 Å². The van der Waals surface area contributed by atoms with Gasteiger partial charge in [-0.05, 0) is 48.0 Å². The van der Waals surface area contributed by atoms with Gasteiger partial charge in [0.2, 0.25) is 0 Å². The SMILES string of the molecule is COc1ccc(Cl)cc1/C(O)=C1\C(=O)C(=O)N(Cc2cccc(C(F)(F)F)c2)C1c1ccccn1. The second kappa shape index (κ2) is 9.42. The molecule has 1 unspecified atom stereocenters. The highest BCUT2D eigenvalue weighted by molar-refractivity contribution is 6.46. The van der Waals surface area contributed by atoms with E-state index in [1.807, 2.05) is 0 Å². The smallest absolute Gasteiger partial charge is 0.416 e. The highest BCUT2D eigenvalue weighted by Gasteiger charge is 2.47. The van der Waals surface area contributed by atoms with Crippen LogP contribution in [0.3, 0.4) is 0 Å². The molecule has 6 nitrogen and oxygen atoms in total. The molecule has 0 bridgehead atoms. The number of alkyl halides is 3. The van der Waals surface area contributed by atoms with Crippen molar-refractivity contribution < 1.29 is 32.6 Å². The maximum atomic E-state index is 13.2. The molecule has 4 rings (SSSR count). The van der Waals surface area contributed by atoms with Crippen LogP contribution in [0, 0.1) is 0 Å². The fraction of sp³-hybridized carbons (Fsp3) is 0.160. The molecule has 1 aromatic heterocycles. The lowest BCUT2D eigenvalue weighted by atomic mass is 9.97. The lowest BCUT2D eigenvalue weighted by molar-refractivity contribution is -0.140. The first-order valence-electron chi connectivity index (χ1n) is 10.3. The van der Waals surface area contributed by atoms with E-state index >= 15 is 0 Å². The number of ketones is 1. The number of aromatic nitrogens is 1. The van der Waals surface area contributed by atoms with Gasteiger partial charge in [-0.25, -0.2) is 0 Å². The number of methoxy groups -OCH3 is 1. The van der Waals surface area contributed by atoms with Crippen LogP contribution in [0.5, 0.6) is 5.75 Å². The van der Waals surface area contributed by atoms with Crippen molar-refractivity contribution in [3.8, 4) is 5.75 Å². The van der Waals surface area contributed by atoms with Gasteiger partial charge < -0.3 is 14.7 Å². The summed E-state index contributed by atoms with van der Waals surface area (Å²) in [5.74, 6) is -2.33. The molecular formula is C25H18ClF3N2O4. The summed E-state index contributed by atoms with van der Waals surface area (Å²) in [5, 5.41) is 11.4. The molecule has 1 aliphatic rings. The molecule has 0 saturated carbocycles. The van der Waals surface area contributed by atoms with Gasteiger partial charge in [-0.3, -0.25) is 14.6 Å². The van der Waals surface area contributed by atoms with Crippen LogP contribution in [0.1, 0.15) is 28.4 Å². The number of aliphatic hydroxyl groups is 1. The summed E-state index contributed by atoms with van der Waals surface area (Å²) in [6.45, 7) is -0.320. The van der Waals surface area contributed by atoms with Gasteiger partial charge in [0.15, 0.2) is 0 Å². The zero-order valence-corrected chi connectivity index (χ0v) is 19.0. The number of amides is 1. The first-order chi connectivity index (χ1) is 16.6. The molecular weight excluding hydrogens is 485 g/mol. The first-order valence-corrected chi connectivity index (χ1v) is 10.7. The first kappa shape index (κ1) is 24.3. The summed E-state index contributed by atoms with van der Waals surface area (Å²) >= 11 is 6.07. The largest absolute Gasteiger partial charge is 0.507 e. The molecule has 2 aromatic carbocycles.